The van der Waals surface area contributed by atoms with Crippen molar-refractivity contribution in [2.75, 3.05) is 27.1 Å². The first kappa shape index (κ1) is 21.1. The Morgan fingerprint density at radius 2 is 1.81 bits per heavy atom. The second-order valence-corrected chi connectivity index (χ2v) is 8.23. The topological polar surface area (TPSA) is 92.0 Å². The molecule has 0 radical (unpaired) electrons. The van der Waals surface area contributed by atoms with Gasteiger partial charge >= 0.3 is 0 Å². The van der Waals surface area contributed by atoms with Crippen LogP contribution in [-0.2, 0) is 10.5 Å². The van der Waals surface area contributed by atoms with E-state index in [9.17, 15) is 15.2 Å². The third kappa shape index (κ3) is 3.40. The molecule has 1 saturated heterocycles. The Kier molecular flexibility index (Phi) is 5.56. The molecule has 2 aromatic rings. The summed E-state index contributed by atoms with van der Waals surface area (Å²) in [5, 5.41) is 22.0. The number of thioether (sulfide) groups is 1. The molecule has 0 aliphatic carbocycles. The Balaban J connectivity index is 1.76. The molecular formula is C23H22N2O5S. The Morgan fingerprint density at radius 1 is 1.10 bits per heavy atom. The molecule has 0 aromatic heterocycles. The fourth-order valence-electron chi connectivity index (χ4n) is 4.05. The van der Waals surface area contributed by atoms with E-state index in [0.717, 1.165) is 5.56 Å². The molecule has 2 atom stereocenters. The lowest BCUT2D eigenvalue weighted by atomic mass is 9.85. The average molecular weight is 439 g/mol. The highest BCUT2D eigenvalue weighted by molar-refractivity contribution is 8.03. The summed E-state index contributed by atoms with van der Waals surface area (Å²) in [6, 6.07) is 14.6. The summed E-state index contributed by atoms with van der Waals surface area (Å²) in [7, 11) is 4.66. The van der Waals surface area contributed by atoms with Crippen molar-refractivity contribution in [2.45, 2.75) is 18.1 Å². The van der Waals surface area contributed by atoms with Crippen LogP contribution in [0, 0.1) is 11.3 Å². The van der Waals surface area contributed by atoms with Crippen LogP contribution in [0.1, 0.15) is 23.5 Å². The summed E-state index contributed by atoms with van der Waals surface area (Å²) in [6.07, 6.45) is 0.0703. The van der Waals surface area contributed by atoms with Crippen LogP contribution >= 0.6 is 11.8 Å². The van der Waals surface area contributed by atoms with Gasteiger partial charge in [0.1, 0.15) is 5.75 Å². The van der Waals surface area contributed by atoms with Crippen molar-refractivity contribution in [3.05, 3.63) is 64.2 Å². The summed E-state index contributed by atoms with van der Waals surface area (Å²) in [5.74, 6) is 1.34. The SMILES string of the molecule is COc1ccc([C@]2(O)CSC3=C(C#N)[C@@H](c4ccc(OC)c(OC)c4)CC(=O)N32)cc1. The third-order valence-corrected chi connectivity index (χ3v) is 6.90. The molecule has 1 fully saturated rings. The fraction of sp³-hybridized carbons (Fsp3) is 0.304. The van der Waals surface area contributed by atoms with Crippen LogP contribution in [0.4, 0.5) is 0 Å². The number of ether oxygens (including phenoxy) is 3. The Morgan fingerprint density at radius 3 is 2.42 bits per heavy atom. The smallest absolute Gasteiger partial charge is 0.231 e. The fourth-order valence-corrected chi connectivity index (χ4v) is 5.41. The molecular weight excluding hydrogens is 416 g/mol. The van der Waals surface area contributed by atoms with Gasteiger partial charge in [0, 0.05) is 17.9 Å². The van der Waals surface area contributed by atoms with Crippen molar-refractivity contribution >= 4 is 17.7 Å². The maximum absolute atomic E-state index is 13.2. The van der Waals surface area contributed by atoms with Gasteiger partial charge in [0.15, 0.2) is 17.2 Å². The Bertz CT molecular complexity index is 1090. The van der Waals surface area contributed by atoms with Crippen LogP contribution in [0.25, 0.3) is 0 Å². The van der Waals surface area contributed by atoms with Gasteiger partial charge in [-0.2, -0.15) is 5.26 Å². The van der Waals surface area contributed by atoms with Crippen molar-refractivity contribution in [1.82, 2.24) is 4.90 Å². The predicted octanol–water partition coefficient (Wildman–Crippen LogP) is 3.36. The number of benzene rings is 2. The first-order valence-electron chi connectivity index (χ1n) is 9.65. The van der Waals surface area contributed by atoms with Gasteiger partial charge in [-0.25, -0.2) is 0 Å². The van der Waals surface area contributed by atoms with E-state index >= 15 is 0 Å². The molecule has 0 bridgehead atoms. The number of rotatable bonds is 5. The first-order chi connectivity index (χ1) is 15.0. The molecule has 0 saturated carbocycles. The minimum Gasteiger partial charge on any atom is -0.497 e. The summed E-state index contributed by atoms with van der Waals surface area (Å²) in [6.45, 7) is 0. The third-order valence-electron chi connectivity index (χ3n) is 5.67. The number of methoxy groups -OCH3 is 3. The van der Waals surface area contributed by atoms with Gasteiger partial charge in [0.05, 0.1) is 43.8 Å². The van der Waals surface area contributed by atoms with Crippen LogP contribution in [-0.4, -0.2) is 43.0 Å². The maximum Gasteiger partial charge on any atom is 0.231 e. The van der Waals surface area contributed by atoms with E-state index in [1.54, 1.807) is 57.7 Å². The number of fused-ring (bicyclic) bond motifs is 1. The van der Waals surface area contributed by atoms with E-state index < -0.39 is 11.6 Å². The van der Waals surface area contributed by atoms with Gasteiger partial charge in [0.2, 0.25) is 5.91 Å². The molecule has 7 nitrogen and oxygen atoms in total. The van der Waals surface area contributed by atoms with Crippen molar-refractivity contribution < 1.29 is 24.1 Å². The van der Waals surface area contributed by atoms with E-state index in [1.807, 2.05) is 6.07 Å². The van der Waals surface area contributed by atoms with E-state index in [2.05, 4.69) is 6.07 Å². The summed E-state index contributed by atoms with van der Waals surface area (Å²) >= 11 is 1.32. The number of allylic oxidation sites excluding steroid dienone is 1. The largest absolute Gasteiger partial charge is 0.497 e. The van der Waals surface area contributed by atoms with Crippen molar-refractivity contribution in [3.63, 3.8) is 0 Å². The number of amides is 1. The minimum absolute atomic E-state index is 0.0703. The van der Waals surface area contributed by atoms with E-state index in [-0.39, 0.29) is 18.1 Å². The van der Waals surface area contributed by atoms with Crippen LogP contribution in [0.2, 0.25) is 0 Å². The highest BCUT2D eigenvalue weighted by atomic mass is 32.2. The van der Waals surface area contributed by atoms with Crippen LogP contribution in [0.15, 0.2) is 53.1 Å². The van der Waals surface area contributed by atoms with Crippen LogP contribution in [0.5, 0.6) is 17.2 Å². The number of aliphatic hydroxyl groups is 1. The highest BCUT2D eigenvalue weighted by Gasteiger charge is 2.51. The van der Waals surface area contributed by atoms with Gasteiger partial charge in [-0.05, 0) is 29.8 Å². The van der Waals surface area contributed by atoms with Crippen molar-refractivity contribution in [2.24, 2.45) is 0 Å². The van der Waals surface area contributed by atoms with E-state index in [1.165, 1.54) is 16.7 Å². The molecule has 2 heterocycles. The predicted molar refractivity (Wildman–Crippen MR) is 116 cm³/mol. The maximum atomic E-state index is 13.2. The Labute approximate surface area is 184 Å². The molecule has 4 rings (SSSR count). The molecule has 1 amide bonds. The monoisotopic (exact) mass is 438 g/mol. The number of carbonyl (C=O) groups is 1. The minimum atomic E-state index is -1.52. The zero-order valence-corrected chi connectivity index (χ0v) is 18.2. The molecule has 1 N–H and O–H groups in total. The standard InChI is InChI=1S/C23H22N2O5S/c1-28-16-7-5-15(6-8-16)23(27)13-31-22-18(12-24)17(11-21(26)25(22)23)14-4-9-19(29-2)20(10-14)30-3/h4-10,17,27H,11,13H2,1-3H3/t17-,23-/m1/s1. The average Bonchev–Trinajstić information content (AvgIpc) is 3.17. The summed E-state index contributed by atoms with van der Waals surface area (Å²) in [5.41, 5.74) is 0.302. The van der Waals surface area contributed by atoms with Gasteiger partial charge < -0.3 is 19.3 Å². The molecule has 31 heavy (non-hydrogen) atoms. The zero-order valence-electron chi connectivity index (χ0n) is 17.4. The van der Waals surface area contributed by atoms with E-state index in [4.69, 9.17) is 14.2 Å². The number of carbonyl (C=O) groups excluding carboxylic acids is 1. The molecule has 2 aromatic carbocycles. The molecule has 0 spiro atoms. The Hall–Kier alpha value is -3.15. The van der Waals surface area contributed by atoms with Crippen molar-refractivity contribution in [1.29, 1.82) is 5.26 Å². The number of hydrogen-bond acceptors (Lipinski definition) is 7. The number of nitrogens with zero attached hydrogens (tertiary/aromatic N) is 2. The molecule has 0 unspecified atom stereocenters. The lowest BCUT2D eigenvalue weighted by molar-refractivity contribution is -0.149. The lowest BCUT2D eigenvalue weighted by Gasteiger charge is -2.38. The van der Waals surface area contributed by atoms with Crippen molar-refractivity contribution in [3.8, 4) is 23.3 Å². The lowest BCUT2D eigenvalue weighted by Crippen LogP contribution is -2.48. The number of hydrogen-bond donors (Lipinski definition) is 1. The van der Waals surface area contributed by atoms with Crippen LogP contribution < -0.4 is 14.2 Å². The van der Waals surface area contributed by atoms with Gasteiger partial charge in [-0.15, -0.1) is 11.8 Å². The second-order valence-electron chi connectivity index (χ2n) is 7.26. The molecule has 2 aliphatic rings. The first-order valence-corrected chi connectivity index (χ1v) is 10.6. The molecule has 2 aliphatic heterocycles. The van der Waals surface area contributed by atoms with E-state index in [0.29, 0.717) is 33.4 Å². The highest BCUT2D eigenvalue weighted by Crippen LogP contribution is 2.52. The second kappa shape index (κ2) is 8.17. The molecule has 8 heteroatoms. The number of nitriles is 1. The van der Waals surface area contributed by atoms with Gasteiger partial charge in [-0.3, -0.25) is 9.69 Å². The van der Waals surface area contributed by atoms with Gasteiger partial charge in [-0.1, -0.05) is 18.2 Å². The van der Waals surface area contributed by atoms with Crippen LogP contribution in [0.3, 0.4) is 0 Å². The summed E-state index contributed by atoms with van der Waals surface area (Å²) in [4.78, 5) is 14.6. The normalized spacial score (nSPS) is 22.7. The van der Waals surface area contributed by atoms with Gasteiger partial charge in [0.25, 0.3) is 0 Å². The molecule has 160 valence electrons. The zero-order chi connectivity index (χ0) is 22.2. The summed E-state index contributed by atoms with van der Waals surface area (Å²) < 4.78 is 15.9. The quantitative estimate of drug-likeness (QED) is 0.765.